The van der Waals surface area contributed by atoms with Crippen LogP contribution in [0.4, 0.5) is 0 Å². The van der Waals surface area contributed by atoms with Gasteiger partial charge in [0.05, 0.1) is 0 Å². The fraction of sp³-hybridized carbons (Fsp3) is 0.929. The zero-order valence-electron chi connectivity index (χ0n) is 11.2. The highest BCUT2D eigenvalue weighted by Gasteiger charge is 2.40. The van der Waals surface area contributed by atoms with Gasteiger partial charge in [-0.05, 0) is 70.8 Å². The van der Waals surface area contributed by atoms with Crippen molar-refractivity contribution in [2.75, 3.05) is 6.54 Å². The Kier molecular flexibility index (Phi) is 3.76. The fourth-order valence-corrected chi connectivity index (χ4v) is 2.99. The molecule has 0 atom stereocenters. The highest BCUT2D eigenvalue weighted by atomic mass is 16.2. The third-order valence-corrected chi connectivity index (χ3v) is 4.59. The molecule has 0 spiro atoms. The molecule has 0 aromatic heterocycles. The maximum atomic E-state index is 12.2. The summed E-state index contributed by atoms with van der Waals surface area (Å²) >= 11 is 0. The fourth-order valence-electron chi connectivity index (χ4n) is 2.99. The van der Waals surface area contributed by atoms with E-state index in [1.807, 2.05) is 0 Å². The quantitative estimate of drug-likeness (QED) is 0.787. The summed E-state index contributed by atoms with van der Waals surface area (Å²) in [6.07, 6.45) is 6.83. The Morgan fingerprint density at radius 2 is 1.76 bits per heavy atom. The first-order valence-electron chi connectivity index (χ1n) is 7.05. The first-order chi connectivity index (χ1) is 8.03. The molecule has 17 heavy (non-hydrogen) atoms. The van der Waals surface area contributed by atoms with Crippen molar-refractivity contribution in [3.05, 3.63) is 0 Å². The molecule has 3 nitrogen and oxygen atoms in total. The first-order valence-corrected chi connectivity index (χ1v) is 7.05. The minimum absolute atomic E-state index is 0.00179. The van der Waals surface area contributed by atoms with Crippen molar-refractivity contribution in [3.63, 3.8) is 0 Å². The lowest BCUT2D eigenvalue weighted by molar-refractivity contribution is -0.128. The van der Waals surface area contributed by atoms with Crippen molar-refractivity contribution >= 4 is 5.91 Å². The lowest BCUT2D eigenvalue weighted by atomic mass is 9.81. The van der Waals surface area contributed by atoms with Gasteiger partial charge in [-0.2, -0.15) is 0 Å². The van der Waals surface area contributed by atoms with E-state index in [4.69, 9.17) is 5.73 Å². The normalized spacial score (nSPS) is 30.1. The summed E-state index contributed by atoms with van der Waals surface area (Å²) in [5, 5.41) is 3.25. The number of nitrogens with two attached hydrogens (primary N) is 1. The van der Waals surface area contributed by atoms with Gasteiger partial charge in [-0.1, -0.05) is 0 Å². The molecule has 3 heteroatoms. The molecule has 1 amide bonds. The Bertz CT molecular complexity index is 276. The van der Waals surface area contributed by atoms with E-state index in [2.05, 4.69) is 19.2 Å². The predicted octanol–water partition coefficient (Wildman–Crippen LogP) is 2.06. The Morgan fingerprint density at radius 1 is 1.18 bits per heavy atom. The number of nitrogens with one attached hydrogen (secondary N) is 1. The van der Waals surface area contributed by atoms with Gasteiger partial charge in [-0.15, -0.1) is 0 Å². The summed E-state index contributed by atoms with van der Waals surface area (Å²) in [6, 6.07) is 0. The highest BCUT2D eigenvalue weighted by Crippen LogP contribution is 2.39. The Labute approximate surface area is 105 Å². The maximum Gasteiger partial charge on any atom is 0.223 e. The third kappa shape index (κ3) is 3.21. The molecule has 0 unspecified atom stereocenters. The number of hydrogen-bond acceptors (Lipinski definition) is 2. The Hall–Kier alpha value is -0.570. The minimum Gasteiger partial charge on any atom is -0.351 e. The largest absolute Gasteiger partial charge is 0.351 e. The van der Waals surface area contributed by atoms with Crippen LogP contribution in [-0.4, -0.2) is 18.0 Å². The summed E-state index contributed by atoms with van der Waals surface area (Å²) in [7, 11) is 0. The van der Waals surface area contributed by atoms with Crippen LogP contribution in [0.1, 0.15) is 52.4 Å². The molecular weight excluding hydrogens is 212 g/mol. The van der Waals surface area contributed by atoms with E-state index in [9.17, 15) is 4.79 Å². The molecule has 2 rings (SSSR count). The van der Waals surface area contributed by atoms with Gasteiger partial charge in [0.25, 0.3) is 0 Å². The summed E-state index contributed by atoms with van der Waals surface area (Å²) < 4.78 is 0. The number of amides is 1. The van der Waals surface area contributed by atoms with Crippen molar-refractivity contribution in [3.8, 4) is 0 Å². The molecule has 2 fully saturated rings. The average molecular weight is 238 g/mol. The Balaban J connectivity index is 1.80. The first kappa shape index (κ1) is 12.9. The van der Waals surface area contributed by atoms with E-state index in [0.717, 1.165) is 32.2 Å². The number of carbonyl (C=O) groups is 1. The van der Waals surface area contributed by atoms with Gasteiger partial charge < -0.3 is 11.1 Å². The summed E-state index contributed by atoms with van der Waals surface area (Å²) in [4.78, 5) is 12.2. The van der Waals surface area contributed by atoms with Crippen LogP contribution >= 0.6 is 0 Å². The van der Waals surface area contributed by atoms with Crippen LogP contribution < -0.4 is 11.1 Å². The van der Waals surface area contributed by atoms with Crippen molar-refractivity contribution in [2.24, 2.45) is 23.5 Å². The standard InChI is InChI=1S/C14H26N2O/c1-14(2,12-7-8-12)16-13(17)11-5-3-10(9-15)4-6-11/h10-12H,3-9,15H2,1-2H3,(H,16,17). The van der Waals surface area contributed by atoms with Gasteiger partial charge in [0, 0.05) is 11.5 Å². The number of carbonyl (C=O) groups excluding carboxylic acids is 1. The zero-order valence-corrected chi connectivity index (χ0v) is 11.2. The van der Waals surface area contributed by atoms with Gasteiger partial charge in [-0.3, -0.25) is 4.79 Å². The van der Waals surface area contributed by atoms with E-state index in [-0.39, 0.29) is 17.4 Å². The van der Waals surface area contributed by atoms with E-state index >= 15 is 0 Å². The zero-order chi connectivity index (χ0) is 12.5. The lowest BCUT2D eigenvalue weighted by Crippen LogP contribution is -2.48. The van der Waals surface area contributed by atoms with Crippen LogP contribution in [0.5, 0.6) is 0 Å². The van der Waals surface area contributed by atoms with Crippen LogP contribution in [-0.2, 0) is 4.79 Å². The number of rotatable bonds is 4. The van der Waals surface area contributed by atoms with Gasteiger partial charge in [-0.25, -0.2) is 0 Å². The Morgan fingerprint density at radius 3 is 2.24 bits per heavy atom. The molecular formula is C14H26N2O. The molecule has 0 aromatic carbocycles. The maximum absolute atomic E-state index is 12.2. The van der Waals surface area contributed by atoms with Crippen LogP contribution in [0.25, 0.3) is 0 Å². The van der Waals surface area contributed by atoms with Crippen LogP contribution in [0.3, 0.4) is 0 Å². The smallest absolute Gasteiger partial charge is 0.223 e. The lowest BCUT2D eigenvalue weighted by Gasteiger charge is -2.32. The highest BCUT2D eigenvalue weighted by molar-refractivity contribution is 5.79. The van der Waals surface area contributed by atoms with E-state index < -0.39 is 0 Å². The second-order valence-corrected chi connectivity index (χ2v) is 6.44. The SMILES string of the molecule is CC(C)(NC(=O)C1CCC(CN)CC1)C1CC1. The third-order valence-electron chi connectivity index (χ3n) is 4.59. The molecule has 0 aromatic rings. The molecule has 0 saturated heterocycles. The van der Waals surface area contributed by atoms with E-state index in [0.29, 0.717) is 11.8 Å². The van der Waals surface area contributed by atoms with Crippen molar-refractivity contribution < 1.29 is 4.79 Å². The molecule has 0 radical (unpaired) electrons. The molecule has 2 aliphatic carbocycles. The summed E-state index contributed by atoms with van der Waals surface area (Å²) in [6.45, 7) is 5.10. The van der Waals surface area contributed by atoms with Crippen molar-refractivity contribution in [2.45, 2.75) is 57.9 Å². The molecule has 3 N–H and O–H groups in total. The van der Waals surface area contributed by atoms with Gasteiger partial charge in [0.2, 0.25) is 5.91 Å². The summed E-state index contributed by atoms with van der Waals surface area (Å²) in [5.41, 5.74) is 5.68. The average Bonchev–Trinajstić information content (AvgIpc) is 3.12. The topological polar surface area (TPSA) is 55.1 Å². The summed E-state index contributed by atoms with van der Waals surface area (Å²) in [5.74, 6) is 1.86. The molecule has 2 aliphatic rings. The van der Waals surface area contributed by atoms with E-state index in [1.165, 1.54) is 12.8 Å². The minimum atomic E-state index is 0.00179. The van der Waals surface area contributed by atoms with Crippen LogP contribution in [0, 0.1) is 17.8 Å². The van der Waals surface area contributed by atoms with Crippen molar-refractivity contribution in [1.82, 2.24) is 5.32 Å². The van der Waals surface area contributed by atoms with Gasteiger partial charge >= 0.3 is 0 Å². The van der Waals surface area contributed by atoms with Crippen LogP contribution in [0.2, 0.25) is 0 Å². The van der Waals surface area contributed by atoms with Gasteiger partial charge in [0.15, 0.2) is 0 Å². The van der Waals surface area contributed by atoms with Crippen LogP contribution in [0.15, 0.2) is 0 Å². The molecule has 0 aliphatic heterocycles. The van der Waals surface area contributed by atoms with Crippen molar-refractivity contribution in [1.29, 1.82) is 0 Å². The molecule has 0 bridgehead atoms. The second-order valence-electron chi connectivity index (χ2n) is 6.44. The van der Waals surface area contributed by atoms with E-state index in [1.54, 1.807) is 0 Å². The monoisotopic (exact) mass is 238 g/mol. The van der Waals surface area contributed by atoms with Gasteiger partial charge in [0.1, 0.15) is 0 Å². The number of hydrogen-bond donors (Lipinski definition) is 2. The second kappa shape index (κ2) is 4.97. The molecule has 98 valence electrons. The molecule has 2 saturated carbocycles. The predicted molar refractivity (Wildman–Crippen MR) is 69.4 cm³/mol. The molecule has 0 heterocycles.